The van der Waals surface area contributed by atoms with Gasteiger partial charge in [0.15, 0.2) is 11.6 Å². The molecule has 0 radical (unpaired) electrons. The zero-order valence-electron chi connectivity index (χ0n) is 19.9. The molecule has 0 spiro atoms. The van der Waals surface area contributed by atoms with Gasteiger partial charge < -0.3 is 10.4 Å². The number of anilines is 2. The van der Waals surface area contributed by atoms with Gasteiger partial charge in [0.25, 0.3) is 0 Å². The second-order valence-electron chi connectivity index (χ2n) is 8.31. The molecule has 0 amide bonds. The number of halogens is 3. The van der Waals surface area contributed by atoms with Gasteiger partial charge in [-0.25, -0.2) is 22.0 Å². The molecule has 0 atom stereocenters. The van der Waals surface area contributed by atoms with Gasteiger partial charge in [-0.05, 0) is 82.6 Å². The van der Waals surface area contributed by atoms with E-state index in [0.717, 1.165) is 7.88 Å². The van der Waals surface area contributed by atoms with Crippen molar-refractivity contribution in [3.05, 3.63) is 111 Å². The highest BCUT2D eigenvalue weighted by Crippen LogP contribution is 2.34. The van der Waals surface area contributed by atoms with E-state index in [1.165, 1.54) is 24.8 Å². The van der Waals surface area contributed by atoms with Crippen LogP contribution in [0.5, 0.6) is 0 Å². The molecular formula is C26H21F2IN4O4S. The van der Waals surface area contributed by atoms with Crippen molar-refractivity contribution < 1.29 is 27.1 Å². The zero-order valence-corrected chi connectivity index (χ0v) is 22.9. The molecule has 0 fully saturated rings. The van der Waals surface area contributed by atoms with Crippen LogP contribution in [0.1, 0.15) is 27.0 Å². The Morgan fingerprint density at radius 2 is 1.61 bits per heavy atom. The van der Waals surface area contributed by atoms with Gasteiger partial charge in [-0.3, -0.25) is 9.97 Å². The molecule has 2 heterocycles. The summed E-state index contributed by atoms with van der Waals surface area (Å²) >= 11 is 2.08. The Labute approximate surface area is 231 Å². The number of benzene rings is 2. The van der Waals surface area contributed by atoms with Gasteiger partial charge in [0.05, 0.1) is 11.3 Å². The molecule has 0 aliphatic carbocycles. The first kappa shape index (κ1) is 27.5. The molecular weight excluding hydrogens is 629 g/mol. The largest absolute Gasteiger partial charge is 0.478 e. The molecule has 2 N–H and O–H groups in total. The number of carboxylic acid groups (broad SMARTS) is 1. The van der Waals surface area contributed by atoms with Crippen LogP contribution in [0.3, 0.4) is 0 Å². The third-order valence-corrected chi connectivity index (χ3v) is 8.09. The molecule has 12 heteroatoms. The number of aromatic carboxylic acids is 1. The molecule has 0 aliphatic heterocycles. The Kier molecular flexibility index (Phi) is 8.33. The van der Waals surface area contributed by atoms with E-state index in [1.807, 2.05) is 0 Å². The highest BCUT2D eigenvalue weighted by molar-refractivity contribution is 14.1. The quantitative estimate of drug-likeness (QED) is 0.230. The van der Waals surface area contributed by atoms with Crippen LogP contribution >= 0.6 is 22.6 Å². The summed E-state index contributed by atoms with van der Waals surface area (Å²) < 4.78 is 60.1. The fraction of sp³-hybridized carbons (Fsp3) is 0.115. The van der Waals surface area contributed by atoms with Gasteiger partial charge in [-0.2, -0.15) is 4.31 Å². The highest BCUT2D eigenvalue weighted by Gasteiger charge is 2.33. The van der Waals surface area contributed by atoms with Crippen LogP contribution in [0.4, 0.5) is 20.2 Å². The van der Waals surface area contributed by atoms with Gasteiger partial charge in [-0.1, -0.05) is 12.1 Å². The first-order valence-corrected chi connectivity index (χ1v) is 13.7. The van der Waals surface area contributed by atoms with Crippen LogP contribution in [-0.4, -0.2) is 33.8 Å². The summed E-state index contributed by atoms with van der Waals surface area (Å²) in [4.78, 5) is 19.0. The second kappa shape index (κ2) is 11.5. The number of nitrogens with one attached hydrogen (secondary N) is 1. The first-order chi connectivity index (χ1) is 18.1. The maximum absolute atomic E-state index is 15.5. The number of hydrogen-bond acceptors (Lipinski definition) is 6. The Morgan fingerprint density at radius 3 is 2.11 bits per heavy atom. The number of aromatic nitrogens is 2. The normalized spacial score (nSPS) is 11.5. The molecule has 2 aromatic heterocycles. The number of nitrogens with zero attached hydrogens (tertiary/aromatic N) is 3. The third-order valence-electron chi connectivity index (χ3n) is 5.63. The highest BCUT2D eigenvalue weighted by atomic mass is 127. The van der Waals surface area contributed by atoms with E-state index in [-0.39, 0.29) is 13.1 Å². The molecule has 4 rings (SSSR count). The number of rotatable bonds is 9. The second-order valence-corrected chi connectivity index (χ2v) is 11.5. The summed E-state index contributed by atoms with van der Waals surface area (Å²) in [5, 5.41) is 12.4. The number of hydrogen-bond donors (Lipinski definition) is 2. The Balaban J connectivity index is 1.82. The van der Waals surface area contributed by atoms with Crippen LogP contribution in [0, 0.1) is 22.1 Å². The fourth-order valence-corrected chi connectivity index (χ4v) is 5.88. The summed E-state index contributed by atoms with van der Waals surface area (Å²) in [5.74, 6) is -4.94. The average molecular weight is 650 g/mol. The van der Waals surface area contributed by atoms with E-state index in [4.69, 9.17) is 0 Å². The maximum Gasteiger partial charge on any atom is 0.337 e. The molecule has 4 aromatic rings. The molecule has 196 valence electrons. The summed E-state index contributed by atoms with van der Waals surface area (Å²) in [6, 6.07) is 12.2. The minimum absolute atomic E-state index is 0.226. The number of sulfonamides is 1. The number of carboxylic acids is 1. The molecule has 2 aromatic carbocycles. The van der Waals surface area contributed by atoms with Crippen LogP contribution in [-0.2, 0) is 23.1 Å². The summed E-state index contributed by atoms with van der Waals surface area (Å²) in [7, 11) is -4.74. The van der Waals surface area contributed by atoms with Crippen molar-refractivity contribution in [1.29, 1.82) is 0 Å². The number of pyridine rings is 2. The lowest BCUT2D eigenvalue weighted by Gasteiger charge is -2.23. The van der Waals surface area contributed by atoms with Gasteiger partial charge in [-0.15, -0.1) is 0 Å². The van der Waals surface area contributed by atoms with E-state index in [1.54, 1.807) is 49.4 Å². The monoisotopic (exact) mass is 650 g/mol. The van der Waals surface area contributed by atoms with Gasteiger partial charge in [0, 0.05) is 47.1 Å². The van der Waals surface area contributed by atoms with Crippen LogP contribution in [0.2, 0.25) is 0 Å². The molecule has 0 aliphatic rings. The predicted molar refractivity (Wildman–Crippen MR) is 145 cm³/mol. The maximum atomic E-state index is 15.5. The van der Waals surface area contributed by atoms with Crippen molar-refractivity contribution in [2.45, 2.75) is 24.9 Å². The van der Waals surface area contributed by atoms with Crippen LogP contribution < -0.4 is 5.32 Å². The topological polar surface area (TPSA) is 112 Å². The van der Waals surface area contributed by atoms with Crippen molar-refractivity contribution in [2.75, 3.05) is 5.32 Å². The van der Waals surface area contributed by atoms with E-state index in [2.05, 4.69) is 37.9 Å². The molecule has 0 saturated heterocycles. The fourth-order valence-electron chi connectivity index (χ4n) is 3.74. The van der Waals surface area contributed by atoms with Crippen molar-refractivity contribution >= 4 is 50.0 Å². The first-order valence-electron chi connectivity index (χ1n) is 11.1. The van der Waals surface area contributed by atoms with Crippen molar-refractivity contribution in [1.82, 2.24) is 14.3 Å². The lowest BCUT2D eigenvalue weighted by molar-refractivity contribution is 0.0697. The predicted octanol–water partition coefficient (Wildman–Crippen LogP) is 5.50. The minimum Gasteiger partial charge on any atom is -0.478 e. The van der Waals surface area contributed by atoms with E-state index >= 15 is 8.78 Å². The van der Waals surface area contributed by atoms with Gasteiger partial charge in [0.1, 0.15) is 4.90 Å². The molecule has 8 nitrogen and oxygen atoms in total. The SMILES string of the molecule is Cc1cc(I)ccc1Nc1c(C(=O)O)cc(S(=O)(=O)N(Cc2cccnc2)Cc2cccnc2)c(F)c1F. The smallest absolute Gasteiger partial charge is 0.337 e. The standard InChI is InChI=1S/C26H21F2IN4O4S/c1-16-10-19(29)6-7-21(16)32-25-20(26(34)35)11-22(23(27)24(25)28)38(36,37)33(14-17-4-2-8-30-12-17)15-18-5-3-9-31-13-18/h2-13,32H,14-15H2,1H3,(H,34,35). The lowest BCUT2D eigenvalue weighted by Crippen LogP contribution is -2.31. The van der Waals surface area contributed by atoms with Crippen molar-refractivity contribution in [3.8, 4) is 0 Å². The van der Waals surface area contributed by atoms with Crippen LogP contribution in [0.15, 0.2) is 78.2 Å². The van der Waals surface area contributed by atoms with E-state index in [0.29, 0.717) is 28.4 Å². The van der Waals surface area contributed by atoms with Crippen molar-refractivity contribution in [2.24, 2.45) is 0 Å². The Hall–Kier alpha value is -3.49. The number of carbonyl (C=O) groups is 1. The Bertz CT molecular complexity index is 1550. The molecule has 38 heavy (non-hydrogen) atoms. The molecule has 0 saturated carbocycles. The minimum atomic E-state index is -4.74. The third kappa shape index (κ3) is 5.97. The van der Waals surface area contributed by atoms with E-state index < -0.39 is 43.8 Å². The average Bonchev–Trinajstić information content (AvgIpc) is 2.88. The number of aryl methyl sites for hydroxylation is 1. The summed E-state index contributed by atoms with van der Waals surface area (Å²) in [5.41, 5.74) is 0.575. The summed E-state index contributed by atoms with van der Waals surface area (Å²) in [6.45, 7) is 1.26. The lowest BCUT2D eigenvalue weighted by atomic mass is 10.1. The Morgan fingerprint density at radius 1 is 1.00 bits per heavy atom. The molecule has 0 unspecified atom stereocenters. The van der Waals surface area contributed by atoms with Crippen LogP contribution in [0.25, 0.3) is 0 Å². The van der Waals surface area contributed by atoms with Gasteiger partial charge in [0.2, 0.25) is 10.0 Å². The molecule has 0 bridgehead atoms. The van der Waals surface area contributed by atoms with Crippen molar-refractivity contribution in [3.63, 3.8) is 0 Å². The zero-order chi connectivity index (χ0) is 27.4. The van der Waals surface area contributed by atoms with E-state index in [9.17, 15) is 18.3 Å². The van der Waals surface area contributed by atoms with Gasteiger partial charge >= 0.3 is 5.97 Å². The summed E-state index contributed by atoms with van der Waals surface area (Å²) in [6.07, 6.45) is 5.92.